The third kappa shape index (κ3) is 4.32. The molecule has 1 saturated heterocycles. The number of nitrogens with one attached hydrogen (secondary N) is 1. The Kier molecular flexibility index (Phi) is 5.77. The highest BCUT2D eigenvalue weighted by Crippen LogP contribution is 2.32. The molecular weight excluding hydrogens is 430 g/mol. The standard InChI is InChI=1S/C22H24ClN7O2/c23-19-11-25-22(27-16-2-5-17(6-3-16)29-7-8-32-13-20(29)31)28-21(19)14-10-26-30(12-14)18-4-1-15(24)9-18/h2-3,5-6,10-12,15,18H,1,4,7-9,13,24H2,(H,25,27,28)/t15-,18-/m1/s1. The van der Waals surface area contributed by atoms with Crippen molar-refractivity contribution in [1.82, 2.24) is 19.7 Å². The van der Waals surface area contributed by atoms with Gasteiger partial charge in [0, 0.05) is 35.7 Å². The topological polar surface area (TPSA) is 111 Å². The maximum atomic E-state index is 12.0. The molecule has 1 saturated carbocycles. The van der Waals surface area contributed by atoms with E-state index in [1.165, 1.54) is 0 Å². The van der Waals surface area contributed by atoms with Crippen molar-refractivity contribution in [1.29, 1.82) is 0 Å². The molecule has 2 atom stereocenters. The van der Waals surface area contributed by atoms with Gasteiger partial charge in [-0.1, -0.05) is 11.6 Å². The molecule has 2 aromatic heterocycles. The molecule has 166 valence electrons. The SMILES string of the molecule is N[C@@H]1CC[C@@H](n2cc(-c3nc(Nc4ccc(N5CCOCC5=O)cc4)ncc3Cl)cn2)C1. The van der Waals surface area contributed by atoms with Crippen LogP contribution in [0.25, 0.3) is 11.3 Å². The minimum Gasteiger partial charge on any atom is -0.370 e. The van der Waals surface area contributed by atoms with Crippen molar-refractivity contribution in [3.05, 3.63) is 47.9 Å². The molecule has 3 aromatic rings. The van der Waals surface area contributed by atoms with Crippen LogP contribution < -0.4 is 16.0 Å². The molecule has 9 nitrogen and oxygen atoms in total. The summed E-state index contributed by atoms with van der Waals surface area (Å²) in [6, 6.07) is 8.10. The number of nitrogens with zero attached hydrogens (tertiary/aromatic N) is 5. The van der Waals surface area contributed by atoms with Gasteiger partial charge >= 0.3 is 0 Å². The summed E-state index contributed by atoms with van der Waals surface area (Å²) in [5.41, 5.74) is 9.13. The highest BCUT2D eigenvalue weighted by molar-refractivity contribution is 6.32. The number of morpholine rings is 1. The number of carbonyl (C=O) groups excluding carboxylic acids is 1. The quantitative estimate of drug-likeness (QED) is 0.610. The van der Waals surface area contributed by atoms with Gasteiger partial charge in [-0.2, -0.15) is 5.10 Å². The Hall–Kier alpha value is -3.01. The molecule has 3 N–H and O–H groups in total. The smallest absolute Gasteiger partial charge is 0.253 e. The number of rotatable bonds is 5. The van der Waals surface area contributed by atoms with Crippen LogP contribution in [-0.2, 0) is 9.53 Å². The number of nitrogens with two attached hydrogens (primary N) is 1. The van der Waals surface area contributed by atoms with Gasteiger partial charge in [0.15, 0.2) is 0 Å². The normalized spacial score (nSPS) is 21.2. The van der Waals surface area contributed by atoms with E-state index in [4.69, 9.17) is 22.1 Å². The highest BCUT2D eigenvalue weighted by Gasteiger charge is 2.24. The lowest BCUT2D eigenvalue weighted by Crippen LogP contribution is -2.41. The Balaban J connectivity index is 1.32. The number of aromatic nitrogens is 4. The first-order chi connectivity index (χ1) is 15.6. The van der Waals surface area contributed by atoms with Crippen molar-refractivity contribution < 1.29 is 9.53 Å². The summed E-state index contributed by atoms with van der Waals surface area (Å²) in [7, 11) is 0. The molecule has 0 unspecified atom stereocenters. The van der Waals surface area contributed by atoms with E-state index in [9.17, 15) is 4.79 Å². The number of carbonyl (C=O) groups is 1. The fourth-order valence-corrected chi connectivity index (χ4v) is 4.37. The van der Waals surface area contributed by atoms with Crippen LogP contribution in [0.2, 0.25) is 5.02 Å². The predicted molar refractivity (Wildman–Crippen MR) is 122 cm³/mol. The molecule has 1 amide bonds. The average Bonchev–Trinajstić information content (AvgIpc) is 3.45. The molecule has 2 aliphatic rings. The van der Waals surface area contributed by atoms with E-state index < -0.39 is 0 Å². The van der Waals surface area contributed by atoms with Crippen LogP contribution in [0.5, 0.6) is 0 Å². The predicted octanol–water partition coefficient (Wildman–Crippen LogP) is 3.15. The van der Waals surface area contributed by atoms with E-state index >= 15 is 0 Å². The van der Waals surface area contributed by atoms with E-state index in [0.29, 0.717) is 35.9 Å². The number of anilines is 3. The molecule has 0 bridgehead atoms. The monoisotopic (exact) mass is 453 g/mol. The first-order valence-corrected chi connectivity index (χ1v) is 11.0. The second-order valence-electron chi connectivity index (χ2n) is 8.10. The molecule has 10 heteroatoms. The van der Waals surface area contributed by atoms with Crippen LogP contribution in [0, 0.1) is 0 Å². The van der Waals surface area contributed by atoms with Gasteiger partial charge < -0.3 is 20.7 Å². The maximum absolute atomic E-state index is 12.0. The van der Waals surface area contributed by atoms with Gasteiger partial charge in [-0.3, -0.25) is 9.48 Å². The Morgan fingerprint density at radius 3 is 2.78 bits per heavy atom. The van der Waals surface area contributed by atoms with Gasteiger partial charge in [0.05, 0.1) is 35.8 Å². The lowest BCUT2D eigenvalue weighted by Gasteiger charge is -2.26. The van der Waals surface area contributed by atoms with Crippen molar-refractivity contribution in [3.8, 4) is 11.3 Å². The van der Waals surface area contributed by atoms with Crippen LogP contribution in [0.15, 0.2) is 42.9 Å². The summed E-state index contributed by atoms with van der Waals surface area (Å²) >= 11 is 6.39. The summed E-state index contributed by atoms with van der Waals surface area (Å²) in [6.45, 7) is 1.21. The summed E-state index contributed by atoms with van der Waals surface area (Å²) in [4.78, 5) is 22.6. The van der Waals surface area contributed by atoms with E-state index in [2.05, 4.69) is 20.4 Å². The maximum Gasteiger partial charge on any atom is 0.253 e. The Bertz CT molecular complexity index is 1120. The third-order valence-corrected chi connectivity index (χ3v) is 6.14. The average molecular weight is 454 g/mol. The van der Waals surface area contributed by atoms with Gasteiger partial charge in [0.2, 0.25) is 5.95 Å². The molecular formula is C22H24ClN7O2. The van der Waals surface area contributed by atoms with Gasteiger partial charge in [0.1, 0.15) is 6.61 Å². The summed E-state index contributed by atoms with van der Waals surface area (Å²) in [5.74, 6) is 0.387. The fourth-order valence-electron chi connectivity index (χ4n) is 4.17. The van der Waals surface area contributed by atoms with Crippen molar-refractivity contribution in [2.45, 2.75) is 31.3 Å². The van der Waals surface area contributed by atoms with Crippen LogP contribution in [0.4, 0.5) is 17.3 Å². The summed E-state index contributed by atoms with van der Waals surface area (Å²) in [6.07, 6.45) is 8.29. The Morgan fingerprint density at radius 1 is 1.19 bits per heavy atom. The number of ether oxygens (including phenoxy) is 1. The lowest BCUT2D eigenvalue weighted by atomic mass is 10.2. The molecule has 0 radical (unpaired) electrons. The van der Waals surface area contributed by atoms with Crippen molar-refractivity contribution in [3.63, 3.8) is 0 Å². The van der Waals surface area contributed by atoms with Crippen molar-refractivity contribution in [2.75, 3.05) is 30.0 Å². The van der Waals surface area contributed by atoms with Gasteiger partial charge in [0.25, 0.3) is 5.91 Å². The van der Waals surface area contributed by atoms with Crippen molar-refractivity contribution >= 4 is 34.8 Å². The molecule has 1 aromatic carbocycles. The Labute approximate surface area is 190 Å². The Morgan fingerprint density at radius 2 is 2.03 bits per heavy atom. The number of amides is 1. The zero-order chi connectivity index (χ0) is 22.1. The molecule has 2 fully saturated rings. The number of benzene rings is 1. The highest BCUT2D eigenvalue weighted by atomic mass is 35.5. The van der Waals surface area contributed by atoms with Gasteiger partial charge in [-0.25, -0.2) is 9.97 Å². The zero-order valence-corrected chi connectivity index (χ0v) is 18.2. The van der Waals surface area contributed by atoms with Crippen molar-refractivity contribution in [2.24, 2.45) is 5.73 Å². The number of hydrogen-bond donors (Lipinski definition) is 2. The molecule has 5 rings (SSSR count). The largest absolute Gasteiger partial charge is 0.370 e. The van der Waals surface area contributed by atoms with Crippen LogP contribution in [0.1, 0.15) is 25.3 Å². The first-order valence-electron chi connectivity index (χ1n) is 10.6. The van der Waals surface area contributed by atoms with E-state index in [0.717, 1.165) is 36.2 Å². The minimum atomic E-state index is -0.0391. The molecule has 0 spiro atoms. The molecule has 1 aliphatic carbocycles. The first kappa shape index (κ1) is 20.9. The molecule has 3 heterocycles. The van der Waals surface area contributed by atoms with Crippen LogP contribution in [0.3, 0.4) is 0 Å². The third-order valence-electron chi connectivity index (χ3n) is 5.86. The number of hydrogen-bond acceptors (Lipinski definition) is 7. The summed E-state index contributed by atoms with van der Waals surface area (Å²) in [5, 5.41) is 8.16. The molecule has 1 aliphatic heterocycles. The zero-order valence-electron chi connectivity index (χ0n) is 17.4. The van der Waals surface area contributed by atoms with E-state index in [1.807, 2.05) is 35.1 Å². The van der Waals surface area contributed by atoms with Gasteiger partial charge in [-0.15, -0.1) is 0 Å². The summed E-state index contributed by atoms with van der Waals surface area (Å²) < 4.78 is 7.14. The van der Waals surface area contributed by atoms with E-state index in [1.54, 1.807) is 17.3 Å². The van der Waals surface area contributed by atoms with Crippen LogP contribution in [-0.4, -0.2) is 51.5 Å². The van der Waals surface area contributed by atoms with Crippen LogP contribution >= 0.6 is 11.6 Å². The second-order valence-corrected chi connectivity index (χ2v) is 8.50. The second kappa shape index (κ2) is 8.85. The molecule has 32 heavy (non-hydrogen) atoms. The number of halogens is 1. The van der Waals surface area contributed by atoms with Gasteiger partial charge in [-0.05, 0) is 43.5 Å². The minimum absolute atomic E-state index is 0.0391. The fraction of sp³-hybridized carbons (Fsp3) is 0.364. The lowest BCUT2D eigenvalue weighted by molar-refractivity contribution is -0.125. The van der Waals surface area contributed by atoms with E-state index in [-0.39, 0.29) is 18.6 Å².